The van der Waals surface area contributed by atoms with Gasteiger partial charge >= 0.3 is 5.97 Å². The van der Waals surface area contributed by atoms with Gasteiger partial charge in [-0.1, -0.05) is 11.6 Å². The molecule has 5 nitrogen and oxygen atoms in total. The molecule has 1 amide bonds. The smallest absolute Gasteiger partial charge is 0.351 e. The topological polar surface area (TPSA) is 68.3 Å². The minimum absolute atomic E-state index is 0.256. The Kier molecular flexibility index (Phi) is 6.33. The van der Waals surface area contributed by atoms with Gasteiger partial charge in [-0.15, -0.1) is 11.3 Å². The van der Waals surface area contributed by atoms with Crippen LogP contribution in [0.1, 0.15) is 59.4 Å². The molecule has 0 saturated heterocycles. The Hall–Kier alpha value is -1.69. The Morgan fingerprint density at radius 3 is 2.78 bits per heavy atom. The second kappa shape index (κ2) is 8.24. The van der Waals surface area contributed by atoms with Crippen LogP contribution in [-0.4, -0.2) is 29.5 Å². The average Bonchev–Trinajstić information content (AvgIpc) is 2.87. The lowest BCUT2D eigenvalue weighted by atomic mass is 9.97. The van der Waals surface area contributed by atoms with Crippen LogP contribution in [0.4, 0.5) is 0 Å². The highest BCUT2D eigenvalue weighted by molar-refractivity contribution is 7.13. The molecule has 0 fully saturated rings. The van der Waals surface area contributed by atoms with Gasteiger partial charge in [0.15, 0.2) is 6.10 Å². The lowest BCUT2D eigenvalue weighted by Crippen LogP contribution is -2.36. The van der Waals surface area contributed by atoms with Crippen LogP contribution in [0.5, 0.6) is 0 Å². The van der Waals surface area contributed by atoms with Gasteiger partial charge < -0.3 is 10.1 Å². The first kappa shape index (κ1) is 17.7. The molecule has 0 bridgehead atoms. The molecule has 1 aromatic heterocycles. The third-order valence-electron chi connectivity index (χ3n) is 3.87. The van der Waals surface area contributed by atoms with Crippen molar-refractivity contribution >= 4 is 23.2 Å². The molecule has 1 N–H and O–H groups in total. The molecule has 0 aliphatic heterocycles. The van der Waals surface area contributed by atoms with E-state index in [0.29, 0.717) is 17.1 Å². The Morgan fingerprint density at radius 2 is 2.17 bits per heavy atom. The number of esters is 1. The Bertz CT molecular complexity index is 607. The zero-order valence-corrected chi connectivity index (χ0v) is 14.8. The first-order chi connectivity index (χ1) is 11.0. The summed E-state index contributed by atoms with van der Waals surface area (Å²) >= 11 is 1.29. The highest BCUT2D eigenvalue weighted by atomic mass is 32.1. The fourth-order valence-electron chi connectivity index (χ4n) is 2.61. The standard InChI is InChI=1S/C17H24N2O3S/c1-11-15(23-13(3)19-11)17(21)22-12(2)16(20)18-10-9-14-7-5-4-6-8-14/h7,12H,4-6,8-10H2,1-3H3,(H,18,20)/t12-/m0/s1. The van der Waals surface area contributed by atoms with Crippen molar-refractivity contribution in [1.82, 2.24) is 10.3 Å². The summed E-state index contributed by atoms with van der Waals surface area (Å²) in [5.41, 5.74) is 2.06. The molecule has 0 saturated carbocycles. The van der Waals surface area contributed by atoms with Gasteiger partial charge in [-0.05, 0) is 52.9 Å². The Labute approximate surface area is 141 Å². The number of ether oxygens (including phenoxy) is 1. The van der Waals surface area contributed by atoms with Crippen LogP contribution in [0.2, 0.25) is 0 Å². The van der Waals surface area contributed by atoms with Crippen molar-refractivity contribution < 1.29 is 14.3 Å². The van der Waals surface area contributed by atoms with E-state index >= 15 is 0 Å². The van der Waals surface area contributed by atoms with E-state index in [9.17, 15) is 9.59 Å². The van der Waals surface area contributed by atoms with Crippen LogP contribution >= 0.6 is 11.3 Å². The summed E-state index contributed by atoms with van der Waals surface area (Å²) < 4.78 is 5.24. The van der Waals surface area contributed by atoms with Crippen LogP contribution in [0.15, 0.2) is 11.6 Å². The van der Waals surface area contributed by atoms with E-state index in [1.807, 2.05) is 6.92 Å². The number of rotatable bonds is 6. The number of allylic oxidation sites excluding steroid dienone is 1. The maximum Gasteiger partial charge on any atom is 0.351 e. The molecule has 1 heterocycles. The maximum atomic E-state index is 12.1. The highest BCUT2D eigenvalue weighted by Crippen LogP contribution is 2.20. The number of amides is 1. The van der Waals surface area contributed by atoms with Gasteiger partial charge in [0.1, 0.15) is 4.88 Å². The van der Waals surface area contributed by atoms with Crippen molar-refractivity contribution in [3.63, 3.8) is 0 Å². The van der Waals surface area contributed by atoms with Crippen LogP contribution in [0.3, 0.4) is 0 Å². The Balaban J connectivity index is 1.77. The van der Waals surface area contributed by atoms with Crippen LogP contribution in [-0.2, 0) is 9.53 Å². The first-order valence-corrected chi connectivity index (χ1v) is 8.89. The number of aromatic nitrogens is 1. The molecule has 126 valence electrons. The number of carbonyl (C=O) groups is 2. The fraction of sp³-hybridized carbons (Fsp3) is 0.588. The fourth-order valence-corrected chi connectivity index (χ4v) is 3.41. The number of hydrogen-bond acceptors (Lipinski definition) is 5. The molecule has 0 unspecified atom stereocenters. The molecule has 6 heteroatoms. The molecule has 0 radical (unpaired) electrons. The summed E-state index contributed by atoms with van der Waals surface area (Å²) in [5, 5.41) is 3.65. The summed E-state index contributed by atoms with van der Waals surface area (Å²) in [7, 11) is 0. The van der Waals surface area contributed by atoms with E-state index in [1.54, 1.807) is 13.8 Å². The predicted molar refractivity (Wildman–Crippen MR) is 90.6 cm³/mol. The zero-order valence-electron chi connectivity index (χ0n) is 14.0. The van der Waals surface area contributed by atoms with Crippen molar-refractivity contribution in [1.29, 1.82) is 0 Å². The molecule has 1 aliphatic rings. The maximum absolute atomic E-state index is 12.1. The minimum atomic E-state index is -0.801. The van der Waals surface area contributed by atoms with Crippen molar-refractivity contribution in [3.8, 4) is 0 Å². The second-order valence-electron chi connectivity index (χ2n) is 5.84. The Morgan fingerprint density at radius 1 is 1.39 bits per heavy atom. The van der Waals surface area contributed by atoms with Crippen LogP contribution in [0.25, 0.3) is 0 Å². The second-order valence-corrected chi connectivity index (χ2v) is 7.05. The molecule has 2 rings (SSSR count). The van der Waals surface area contributed by atoms with Gasteiger partial charge in [0.2, 0.25) is 0 Å². The van der Waals surface area contributed by atoms with Gasteiger partial charge in [-0.2, -0.15) is 0 Å². The quantitative estimate of drug-likeness (QED) is 0.639. The van der Waals surface area contributed by atoms with Gasteiger partial charge in [0.25, 0.3) is 5.91 Å². The van der Waals surface area contributed by atoms with Crippen molar-refractivity contribution in [2.45, 2.75) is 59.0 Å². The highest BCUT2D eigenvalue weighted by Gasteiger charge is 2.22. The van der Waals surface area contributed by atoms with E-state index in [0.717, 1.165) is 24.3 Å². The molecule has 1 aromatic rings. The number of aryl methyl sites for hydroxylation is 2. The monoisotopic (exact) mass is 336 g/mol. The lowest BCUT2D eigenvalue weighted by molar-refractivity contribution is -0.129. The summed E-state index contributed by atoms with van der Waals surface area (Å²) in [5.74, 6) is -0.737. The SMILES string of the molecule is Cc1nc(C)c(C(=O)O[C@@H](C)C(=O)NCCC2=CCCCC2)s1. The molecule has 1 aliphatic carbocycles. The number of carbonyl (C=O) groups excluding carboxylic acids is 2. The molecule has 0 aromatic carbocycles. The first-order valence-electron chi connectivity index (χ1n) is 8.08. The normalized spacial score (nSPS) is 15.7. The summed E-state index contributed by atoms with van der Waals surface area (Å²) in [6, 6.07) is 0. The summed E-state index contributed by atoms with van der Waals surface area (Å²) in [4.78, 5) is 28.8. The molecule has 23 heavy (non-hydrogen) atoms. The van der Waals surface area contributed by atoms with E-state index < -0.39 is 12.1 Å². The number of nitrogens with zero attached hydrogens (tertiary/aromatic N) is 1. The van der Waals surface area contributed by atoms with E-state index in [4.69, 9.17) is 4.74 Å². The van der Waals surface area contributed by atoms with E-state index in [2.05, 4.69) is 16.4 Å². The summed E-state index contributed by atoms with van der Waals surface area (Å²) in [6.45, 7) is 5.79. The third-order valence-corrected chi connectivity index (χ3v) is 4.93. The number of nitrogens with one attached hydrogen (secondary N) is 1. The van der Waals surface area contributed by atoms with Gasteiger partial charge in [-0.3, -0.25) is 4.79 Å². The number of thiazole rings is 1. The molecular weight excluding hydrogens is 312 g/mol. The van der Waals surface area contributed by atoms with Crippen molar-refractivity contribution in [2.24, 2.45) is 0 Å². The van der Waals surface area contributed by atoms with Crippen molar-refractivity contribution in [2.75, 3.05) is 6.54 Å². The summed E-state index contributed by atoms with van der Waals surface area (Å²) in [6.07, 6.45) is 7.12. The van der Waals surface area contributed by atoms with Crippen LogP contribution < -0.4 is 5.32 Å². The lowest BCUT2D eigenvalue weighted by Gasteiger charge is -2.15. The molecule has 1 atom stereocenters. The van der Waals surface area contributed by atoms with Crippen LogP contribution in [0, 0.1) is 13.8 Å². The van der Waals surface area contributed by atoms with E-state index in [-0.39, 0.29) is 5.91 Å². The van der Waals surface area contributed by atoms with E-state index in [1.165, 1.54) is 29.8 Å². The molecule has 0 spiro atoms. The molecular formula is C17H24N2O3S. The largest absolute Gasteiger partial charge is 0.448 e. The minimum Gasteiger partial charge on any atom is -0.448 e. The third kappa shape index (κ3) is 5.16. The number of hydrogen-bond donors (Lipinski definition) is 1. The van der Waals surface area contributed by atoms with Gasteiger partial charge in [0.05, 0.1) is 10.7 Å². The van der Waals surface area contributed by atoms with Crippen molar-refractivity contribution in [3.05, 3.63) is 27.2 Å². The zero-order chi connectivity index (χ0) is 16.8. The van der Waals surface area contributed by atoms with Gasteiger partial charge in [0, 0.05) is 6.54 Å². The van der Waals surface area contributed by atoms with Gasteiger partial charge in [-0.25, -0.2) is 9.78 Å². The average molecular weight is 336 g/mol. The predicted octanol–water partition coefficient (Wildman–Crippen LogP) is 3.31.